The molecule has 0 radical (unpaired) electrons. The van der Waals surface area contributed by atoms with Crippen LogP contribution in [0.4, 0.5) is 0 Å². The van der Waals surface area contributed by atoms with E-state index in [1.54, 1.807) is 0 Å². The molecule has 2 aromatic carbocycles. The van der Waals surface area contributed by atoms with Crippen LogP contribution in [0.1, 0.15) is 69.4 Å². The van der Waals surface area contributed by atoms with Crippen molar-refractivity contribution in [3.63, 3.8) is 0 Å². The lowest BCUT2D eigenvalue weighted by Crippen LogP contribution is -2.43. The number of benzene rings is 2. The van der Waals surface area contributed by atoms with E-state index in [-0.39, 0.29) is 12.0 Å². The number of unbranched alkanes of at least 4 members (excludes halogenated alkanes) is 6. The van der Waals surface area contributed by atoms with E-state index in [9.17, 15) is 5.11 Å². The number of ether oxygens (including phenoxy) is 1. The zero-order valence-corrected chi connectivity index (χ0v) is 20.4. The summed E-state index contributed by atoms with van der Waals surface area (Å²) in [5.74, 6) is 1.05. The Hall–Kier alpha value is -1.55. The van der Waals surface area contributed by atoms with Crippen LogP contribution in [0, 0.1) is 5.92 Å². The minimum atomic E-state index is -0.272. The zero-order chi connectivity index (χ0) is 22.6. The second-order valence-corrected chi connectivity index (χ2v) is 9.67. The van der Waals surface area contributed by atoms with Crippen molar-refractivity contribution in [3.05, 3.63) is 64.7 Å². The number of aliphatic hydroxyl groups is 1. The van der Waals surface area contributed by atoms with Gasteiger partial charge in [-0.15, -0.1) is 0 Å². The van der Waals surface area contributed by atoms with Crippen molar-refractivity contribution in [2.45, 2.75) is 77.4 Å². The minimum Gasteiger partial charge on any atom is -0.494 e. The highest BCUT2D eigenvalue weighted by molar-refractivity contribution is 6.31. The SMILES string of the molecule is CCCCCCCCCOc1ccc(CC2CN(Cc3ccccc3)CCC2O)c(Cl)c1. The highest BCUT2D eigenvalue weighted by Gasteiger charge is 2.28. The minimum absolute atomic E-state index is 0.199. The molecule has 0 saturated carbocycles. The summed E-state index contributed by atoms with van der Waals surface area (Å²) in [7, 11) is 0. The Morgan fingerprint density at radius 2 is 1.75 bits per heavy atom. The van der Waals surface area contributed by atoms with Crippen molar-refractivity contribution >= 4 is 11.6 Å². The van der Waals surface area contributed by atoms with Gasteiger partial charge in [0.2, 0.25) is 0 Å². The maximum absolute atomic E-state index is 10.6. The first kappa shape index (κ1) is 25.1. The first-order valence-electron chi connectivity index (χ1n) is 12.5. The fraction of sp³-hybridized carbons (Fsp3) is 0.571. The Bertz CT molecular complexity index is 782. The number of hydrogen-bond donors (Lipinski definition) is 1. The van der Waals surface area contributed by atoms with Crippen LogP contribution in [0.25, 0.3) is 0 Å². The van der Waals surface area contributed by atoms with Crippen molar-refractivity contribution < 1.29 is 9.84 Å². The summed E-state index contributed by atoms with van der Waals surface area (Å²) in [6.45, 7) is 5.76. The maximum Gasteiger partial charge on any atom is 0.120 e. The fourth-order valence-corrected chi connectivity index (χ4v) is 4.84. The van der Waals surface area contributed by atoms with Crippen molar-refractivity contribution in [2.75, 3.05) is 19.7 Å². The van der Waals surface area contributed by atoms with Crippen LogP contribution in [0.2, 0.25) is 5.02 Å². The highest BCUT2D eigenvalue weighted by Crippen LogP contribution is 2.29. The molecule has 0 bridgehead atoms. The Kier molecular flexibility index (Phi) is 10.9. The summed E-state index contributed by atoms with van der Waals surface area (Å²) in [5.41, 5.74) is 2.42. The van der Waals surface area contributed by atoms with E-state index in [1.165, 1.54) is 44.1 Å². The average molecular weight is 458 g/mol. The summed E-state index contributed by atoms with van der Waals surface area (Å²) in [6, 6.07) is 16.6. The van der Waals surface area contributed by atoms with E-state index in [0.29, 0.717) is 0 Å². The van der Waals surface area contributed by atoms with Crippen LogP contribution in [-0.2, 0) is 13.0 Å². The summed E-state index contributed by atoms with van der Waals surface area (Å²) < 4.78 is 5.92. The summed E-state index contributed by atoms with van der Waals surface area (Å²) in [4.78, 5) is 2.44. The molecule has 3 rings (SSSR count). The van der Waals surface area contributed by atoms with Gasteiger partial charge >= 0.3 is 0 Å². The van der Waals surface area contributed by atoms with Gasteiger partial charge in [0.05, 0.1) is 12.7 Å². The van der Waals surface area contributed by atoms with Gasteiger partial charge in [-0.3, -0.25) is 4.90 Å². The monoisotopic (exact) mass is 457 g/mol. The molecule has 3 nitrogen and oxygen atoms in total. The van der Waals surface area contributed by atoms with Crippen molar-refractivity contribution in [3.8, 4) is 5.75 Å². The second-order valence-electron chi connectivity index (χ2n) is 9.26. The molecular formula is C28H40ClNO2. The van der Waals surface area contributed by atoms with Crippen molar-refractivity contribution in [1.29, 1.82) is 0 Å². The number of aliphatic hydroxyl groups excluding tert-OH is 1. The quantitative estimate of drug-likeness (QED) is 0.332. The number of nitrogens with zero attached hydrogens (tertiary/aromatic N) is 1. The lowest BCUT2D eigenvalue weighted by Gasteiger charge is -2.36. The predicted octanol–water partition coefficient (Wildman–Crippen LogP) is 6.89. The van der Waals surface area contributed by atoms with Crippen LogP contribution in [0.3, 0.4) is 0 Å². The van der Waals surface area contributed by atoms with Crippen LogP contribution in [-0.4, -0.2) is 35.8 Å². The van der Waals surface area contributed by atoms with Crippen LogP contribution in [0.15, 0.2) is 48.5 Å². The van der Waals surface area contributed by atoms with Gasteiger partial charge < -0.3 is 9.84 Å². The van der Waals surface area contributed by atoms with Gasteiger partial charge in [0.25, 0.3) is 0 Å². The number of hydrogen-bond acceptors (Lipinski definition) is 3. The Morgan fingerprint density at radius 1 is 1.00 bits per heavy atom. The topological polar surface area (TPSA) is 32.7 Å². The number of halogens is 1. The smallest absolute Gasteiger partial charge is 0.120 e. The van der Waals surface area contributed by atoms with E-state index < -0.39 is 0 Å². The van der Waals surface area contributed by atoms with Gasteiger partial charge in [0.15, 0.2) is 0 Å². The van der Waals surface area contributed by atoms with Crippen molar-refractivity contribution in [2.24, 2.45) is 5.92 Å². The molecule has 0 spiro atoms. The number of rotatable bonds is 13. The molecule has 4 heteroatoms. The van der Waals surface area contributed by atoms with Gasteiger partial charge in [-0.2, -0.15) is 0 Å². The van der Waals surface area contributed by atoms with Crippen molar-refractivity contribution in [1.82, 2.24) is 4.90 Å². The van der Waals surface area contributed by atoms with Gasteiger partial charge in [-0.1, -0.05) is 93.4 Å². The molecule has 2 aromatic rings. The highest BCUT2D eigenvalue weighted by atomic mass is 35.5. The molecule has 176 valence electrons. The molecule has 2 atom stereocenters. The zero-order valence-electron chi connectivity index (χ0n) is 19.6. The second kappa shape index (κ2) is 13.9. The third-order valence-corrected chi connectivity index (χ3v) is 6.90. The summed E-state index contributed by atoms with van der Waals surface area (Å²) in [6.07, 6.45) is 10.3. The summed E-state index contributed by atoms with van der Waals surface area (Å²) in [5, 5.41) is 11.3. The number of piperidine rings is 1. The fourth-order valence-electron chi connectivity index (χ4n) is 4.60. The average Bonchev–Trinajstić information content (AvgIpc) is 2.80. The van der Waals surface area contributed by atoms with Gasteiger partial charge in [-0.25, -0.2) is 0 Å². The van der Waals surface area contributed by atoms with E-state index in [1.807, 2.05) is 12.1 Å². The summed E-state index contributed by atoms with van der Waals surface area (Å²) >= 11 is 6.60. The Balaban J connectivity index is 1.43. The predicted molar refractivity (Wildman–Crippen MR) is 134 cm³/mol. The first-order chi connectivity index (χ1) is 15.7. The molecule has 0 aliphatic carbocycles. The molecule has 0 amide bonds. The first-order valence-corrected chi connectivity index (χ1v) is 12.9. The van der Waals surface area contributed by atoms with Gasteiger partial charge in [0, 0.05) is 30.6 Å². The Morgan fingerprint density at radius 3 is 2.50 bits per heavy atom. The lowest BCUT2D eigenvalue weighted by atomic mass is 9.88. The Labute approximate surface area is 199 Å². The molecule has 1 heterocycles. The van der Waals surface area contributed by atoms with Gasteiger partial charge in [-0.05, 0) is 42.5 Å². The molecule has 32 heavy (non-hydrogen) atoms. The van der Waals surface area contributed by atoms with E-state index in [2.05, 4.69) is 48.2 Å². The standard InChI is InChI=1S/C28H40ClNO2/c1-2-3-4-5-6-7-11-18-32-26-15-14-24(27(29)20-26)19-25-22-30(17-16-28(25)31)21-23-12-9-8-10-13-23/h8-10,12-15,20,25,28,31H,2-7,11,16-19,21-22H2,1H3. The third kappa shape index (κ3) is 8.42. The van der Waals surface area contributed by atoms with E-state index >= 15 is 0 Å². The molecule has 1 N–H and O–H groups in total. The normalized spacial score (nSPS) is 19.2. The van der Waals surface area contributed by atoms with Crippen LogP contribution >= 0.6 is 11.6 Å². The van der Waals surface area contributed by atoms with Crippen LogP contribution in [0.5, 0.6) is 5.75 Å². The molecule has 1 saturated heterocycles. The molecule has 1 aliphatic heterocycles. The molecule has 0 aromatic heterocycles. The maximum atomic E-state index is 10.6. The van der Waals surface area contributed by atoms with E-state index in [4.69, 9.17) is 16.3 Å². The number of likely N-dealkylation sites (tertiary alicyclic amines) is 1. The lowest BCUT2D eigenvalue weighted by molar-refractivity contribution is 0.0239. The molecule has 1 aliphatic rings. The van der Waals surface area contributed by atoms with Crippen LogP contribution < -0.4 is 4.74 Å². The largest absolute Gasteiger partial charge is 0.494 e. The molecular weight excluding hydrogens is 418 g/mol. The molecule has 1 fully saturated rings. The van der Waals surface area contributed by atoms with Gasteiger partial charge in [0.1, 0.15) is 5.75 Å². The molecule has 2 unspecified atom stereocenters. The third-order valence-electron chi connectivity index (χ3n) is 6.55. The van der Waals surface area contributed by atoms with E-state index in [0.717, 1.165) is 61.8 Å².